The highest BCUT2D eigenvalue weighted by Gasteiger charge is 2.17. The molecule has 0 bridgehead atoms. The SMILES string of the molecule is CCC(CC)C(Br)CNC(=O)c1ccc(Br)cc1Br. The molecule has 1 amide bonds. The molecular weight excluding hydrogens is 438 g/mol. The van der Waals surface area contributed by atoms with Gasteiger partial charge in [0.05, 0.1) is 5.56 Å². The first kappa shape index (κ1) is 17.2. The number of nitrogens with one attached hydrogen (secondary N) is 1. The van der Waals surface area contributed by atoms with Crippen LogP contribution in [0.15, 0.2) is 27.1 Å². The molecule has 1 atom stereocenters. The summed E-state index contributed by atoms with van der Waals surface area (Å²) >= 11 is 10.4. The van der Waals surface area contributed by atoms with E-state index in [0.717, 1.165) is 21.8 Å². The van der Waals surface area contributed by atoms with Crippen molar-refractivity contribution in [2.24, 2.45) is 5.92 Å². The lowest BCUT2D eigenvalue weighted by Crippen LogP contribution is -2.33. The molecule has 0 saturated heterocycles. The van der Waals surface area contributed by atoms with E-state index in [1.807, 2.05) is 18.2 Å². The second-order valence-corrected chi connectivity index (χ2v) is 7.37. The third kappa shape index (κ3) is 5.20. The fraction of sp³-hybridized carbons (Fsp3) is 0.500. The molecule has 0 heterocycles. The van der Waals surface area contributed by atoms with Gasteiger partial charge in [0.2, 0.25) is 0 Å². The van der Waals surface area contributed by atoms with Gasteiger partial charge in [-0.15, -0.1) is 0 Å². The van der Waals surface area contributed by atoms with E-state index in [2.05, 4.69) is 67.0 Å². The van der Waals surface area contributed by atoms with E-state index < -0.39 is 0 Å². The Morgan fingerprint density at radius 3 is 2.42 bits per heavy atom. The van der Waals surface area contributed by atoms with E-state index in [1.54, 1.807) is 0 Å². The molecule has 0 saturated carbocycles. The molecule has 106 valence electrons. The lowest BCUT2D eigenvalue weighted by atomic mass is 9.99. The molecule has 0 spiro atoms. The van der Waals surface area contributed by atoms with Gasteiger partial charge in [-0.05, 0) is 40.0 Å². The first-order valence-corrected chi connectivity index (χ1v) is 8.87. The van der Waals surface area contributed by atoms with E-state index in [0.29, 0.717) is 22.9 Å². The highest BCUT2D eigenvalue weighted by Crippen LogP contribution is 2.23. The zero-order valence-electron chi connectivity index (χ0n) is 11.1. The Balaban J connectivity index is 2.60. The van der Waals surface area contributed by atoms with Gasteiger partial charge in [0.25, 0.3) is 5.91 Å². The van der Waals surface area contributed by atoms with Crippen LogP contribution in [0.3, 0.4) is 0 Å². The Morgan fingerprint density at radius 2 is 1.89 bits per heavy atom. The van der Waals surface area contributed by atoms with Gasteiger partial charge in [-0.25, -0.2) is 0 Å². The summed E-state index contributed by atoms with van der Waals surface area (Å²) in [5.74, 6) is 0.545. The standard InChI is InChI=1S/C14H18Br3NO/c1-3-9(4-2)13(17)8-18-14(19)11-6-5-10(15)7-12(11)16/h5-7,9,13H,3-4,8H2,1-2H3,(H,18,19). The minimum Gasteiger partial charge on any atom is -0.351 e. The van der Waals surface area contributed by atoms with Crippen LogP contribution in [0.2, 0.25) is 0 Å². The largest absolute Gasteiger partial charge is 0.351 e. The number of halogens is 3. The predicted octanol–water partition coefficient (Wildman–Crippen LogP) is 5.14. The van der Waals surface area contributed by atoms with Gasteiger partial charge in [0.1, 0.15) is 0 Å². The van der Waals surface area contributed by atoms with E-state index >= 15 is 0 Å². The fourth-order valence-electron chi connectivity index (χ4n) is 1.93. The molecule has 0 aliphatic heterocycles. The fourth-order valence-corrected chi connectivity index (χ4v) is 4.06. The lowest BCUT2D eigenvalue weighted by Gasteiger charge is -2.20. The van der Waals surface area contributed by atoms with Gasteiger partial charge < -0.3 is 5.32 Å². The van der Waals surface area contributed by atoms with Gasteiger partial charge >= 0.3 is 0 Å². The summed E-state index contributed by atoms with van der Waals surface area (Å²) in [6.45, 7) is 5.00. The topological polar surface area (TPSA) is 29.1 Å². The summed E-state index contributed by atoms with van der Waals surface area (Å²) in [5.41, 5.74) is 0.660. The molecule has 1 N–H and O–H groups in total. The zero-order valence-corrected chi connectivity index (χ0v) is 15.8. The van der Waals surface area contributed by atoms with Gasteiger partial charge in [0, 0.05) is 20.3 Å². The van der Waals surface area contributed by atoms with Crippen molar-refractivity contribution < 1.29 is 4.79 Å². The highest BCUT2D eigenvalue weighted by molar-refractivity contribution is 9.11. The third-order valence-corrected chi connectivity index (χ3v) is 5.41. The van der Waals surface area contributed by atoms with Crippen molar-refractivity contribution in [1.82, 2.24) is 5.32 Å². The Kier molecular flexibility index (Phi) is 7.62. The van der Waals surface area contributed by atoms with Crippen molar-refractivity contribution >= 4 is 53.7 Å². The molecule has 0 aromatic heterocycles. The highest BCUT2D eigenvalue weighted by atomic mass is 79.9. The van der Waals surface area contributed by atoms with Crippen LogP contribution in [-0.2, 0) is 0 Å². The maximum atomic E-state index is 12.1. The molecule has 0 radical (unpaired) electrons. The monoisotopic (exact) mass is 453 g/mol. The minimum absolute atomic E-state index is 0.0465. The van der Waals surface area contributed by atoms with Gasteiger partial charge in [-0.2, -0.15) is 0 Å². The summed E-state index contributed by atoms with van der Waals surface area (Å²) in [5, 5.41) is 2.98. The lowest BCUT2D eigenvalue weighted by molar-refractivity contribution is 0.0951. The second-order valence-electron chi connectivity index (χ2n) is 4.43. The maximum absolute atomic E-state index is 12.1. The molecule has 2 nitrogen and oxygen atoms in total. The average Bonchev–Trinajstić information content (AvgIpc) is 2.37. The number of hydrogen-bond acceptors (Lipinski definition) is 1. The molecule has 5 heteroatoms. The van der Waals surface area contributed by atoms with E-state index in [1.165, 1.54) is 0 Å². The summed E-state index contributed by atoms with van der Waals surface area (Å²) < 4.78 is 1.75. The number of alkyl halides is 1. The van der Waals surface area contributed by atoms with E-state index in [9.17, 15) is 4.79 Å². The first-order chi connectivity index (χ1) is 8.99. The molecule has 19 heavy (non-hydrogen) atoms. The Bertz CT molecular complexity index is 433. The van der Waals surface area contributed by atoms with Gasteiger partial charge in [-0.3, -0.25) is 4.79 Å². The number of carbonyl (C=O) groups is 1. The van der Waals surface area contributed by atoms with Crippen molar-refractivity contribution in [1.29, 1.82) is 0 Å². The van der Waals surface area contributed by atoms with Crippen LogP contribution in [0.25, 0.3) is 0 Å². The summed E-state index contributed by atoms with van der Waals surface area (Å²) in [6.07, 6.45) is 2.23. The van der Waals surface area contributed by atoms with Crippen molar-refractivity contribution in [3.63, 3.8) is 0 Å². The zero-order chi connectivity index (χ0) is 14.4. The summed E-state index contributed by atoms with van der Waals surface area (Å²) in [7, 11) is 0. The number of benzene rings is 1. The smallest absolute Gasteiger partial charge is 0.252 e. The molecule has 1 aromatic carbocycles. The Hall–Kier alpha value is 0.130. The first-order valence-electron chi connectivity index (χ1n) is 6.36. The number of hydrogen-bond donors (Lipinski definition) is 1. The average molecular weight is 456 g/mol. The van der Waals surface area contributed by atoms with Gasteiger partial charge in [-0.1, -0.05) is 58.5 Å². The van der Waals surface area contributed by atoms with E-state index in [4.69, 9.17) is 0 Å². The minimum atomic E-state index is -0.0465. The molecule has 1 aromatic rings. The maximum Gasteiger partial charge on any atom is 0.252 e. The molecule has 1 unspecified atom stereocenters. The molecule has 0 fully saturated rings. The Morgan fingerprint density at radius 1 is 1.26 bits per heavy atom. The van der Waals surface area contributed by atoms with Crippen molar-refractivity contribution in [3.05, 3.63) is 32.7 Å². The Labute approximate surface area is 140 Å². The second kappa shape index (κ2) is 8.42. The molecule has 0 aliphatic carbocycles. The van der Waals surface area contributed by atoms with Gasteiger partial charge in [0.15, 0.2) is 0 Å². The summed E-state index contributed by atoms with van der Waals surface area (Å²) in [6, 6.07) is 5.55. The normalized spacial score (nSPS) is 12.5. The quantitative estimate of drug-likeness (QED) is 0.591. The van der Waals surface area contributed by atoms with Crippen LogP contribution >= 0.6 is 47.8 Å². The third-order valence-electron chi connectivity index (χ3n) is 3.19. The van der Waals surface area contributed by atoms with Crippen LogP contribution in [0.5, 0.6) is 0 Å². The van der Waals surface area contributed by atoms with Crippen LogP contribution < -0.4 is 5.32 Å². The summed E-state index contributed by atoms with van der Waals surface area (Å²) in [4.78, 5) is 12.4. The van der Waals surface area contributed by atoms with Crippen molar-refractivity contribution in [3.8, 4) is 0 Å². The van der Waals surface area contributed by atoms with Crippen molar-refractivity contribution in [2.75, 3.05) is 6.54 Å². The number of carbonyl (C=O) groups excluding carboxylic acids is 1. The predicted molar refractivity (Wildman–Crippen MR) is 91.0 cm³/mol. The molecular formula is C14H18Br3NO. The number of rotatable bonds is 6. The van der Waals surface area contributed by atoms with E-state index in [-0.39, 0.29) is 5.91 Å². The van der Waals surface area contributed by atoms with Crippen molar-refractivity contribution in [2.45, 2.75) is 31.5 Å². The molecule has 1 rings (SSSR count). The molecule has 0 aliphatic rings. The van der Waals surface area contributed by atoms with Crippen LogP contribution in [-0.4, -0.2) is 17.3 Å². The van der Waals surface area contributed by atoms with Crippen LogP contribution in [0.4, 0.5) is 0 Å². The number of amides is 1. The van der Waals surface area contributed by atoms with Crippen LogP contribution in [0, 0.1) is 5.92 Å². The van der Waals surface area contributed by atoms with Crippen LogP contribution in [0.1, 0.15) is 37.0 Å².